The normalized spacial score (nSPS) is 15.0. The van der Waals surface area contributed by atoms with Crippen LogP contribution in [0.25, 0.3) is 5.57 Å². The van der Waals surface area contributed by atoms with Crippen molar-refractivity contribution in [1.82, 2.24) is 0 Å². The zero-order valence-corrected chi connectivity index (χ0v) is 17.8. The second-order valence-corrected chi connectivity index (χ2v) is 6.44. The first kappa shape index (κ1) is 22.7. The van der Waals surface area contributed by atoms with E-state index in [1.54, 1.807) is 19.1 Å². The van der Waals surface area contributed by atoms with Crippen molar-refractivity contribution < 1.29 is 9.47 Å². The first-order valence-electron chi connectivity index (χ1n) is 9.40. The lowest BCUT2D eigenvalue weighted by atomic mass is 10.00. The lowest BCUT2D eigenvalue weighted by Crippen LogP contribution is -1.93. The van der Waals surface area contributed by atoms with Gasteiger partial charge in [-0.3, -0.25) is 0 Å². The maximum Gasteiger partial charge on any atom is 0.132 e. The Morgan fingerprint density at radius 1 is 1.33 bits per heavy atom. The van der Waals surface area contributed by atoms with E-state index in [9.17, 15) is 5.26 Å². The van der Waals surface area contributed by atoms with Gasteiger partial charge in [-0.2, -0.15) is 5.26 Å². The number of methoxy groups -OCH3 is 1. The molecule has 1 aliphatic rings. The number of ether oxygens (including phenoxy) is 2. The first-order valence-corrected chi connectivity index (χ1v) is 10.4. The van der Waals surface area contributed by atoms with Crippen LogP contribution in [-0.4, -0.2) is 19.5 Å². The maximum absolute atomic E-state index is 9.41. The summed E-state index contributed by atoms with van der Waals surface area (Å²) in [5, 5.41) is 9.41. The van der Waals surface area contributed by atoms with E-state index in [1.165, 1.54) is 12.8 Å². The Kier molecular flexibility index (Phi) is 10.9. The summed E-state index contributed by atoms with van der Waals surface area (Å²) in [6.07, 6.45) is 6.08. The van der Waals surface area contributed by atoms with E-state index in [1.807, 2.05) is 57.2 Å². The van der Waals surface area contributed by atoms with Gasteiger partial charge in [0.1, 0.15) is 18.1 Å². The number of hydrogen-bond donors (Lipinski definition) is 1. The molecule has 1 heterocycles. The van der Waals surface area contributed by atoms with Gasteiger partial charge in [-0.1, -0.05) is 51.3 Å². The highest BCUT2D eigenvalue weighted by molar-refractivity contribution is 8.00. The van der Waals surface area contributed by atoms with E-state index in [0.29, 0.717) is 23.7 Å². The quantitative estimate of drug-likeness (QED) is 0.322. The van der Waals surface area contributed by atoms with Gasteiger partial charge in [0.2, 0.25) is 0 Å². The summed E-state index contributed by atoms with van der Waals surface area (Å²) in [4.78, 5) is 0. The molecule has 146 valence electrons. The second-order valence-electron chi connectivity index (χ2n) is 5.54. The molecule has 2 rings (SSSR count). The number of nitriles is 1. The molecule has 0 fully saturated rings. The van der Waals surface area contributed by atoms with Crippen LogP contribution in [0.4, 0.5) is 5.69 Å². The molecule has 0 saturated heterocycles. The van der Waals surface area contributed by atoms with E-state index in [-0.39, 0.29) is 0 Å². The minimum absolute atomic E-state index is 0.297. The van der Waals surface area contributed by atoms with Crippen LogP contribution in [0.15, 0.2) is 53.5 Å². The van der Waals surface area contributed by atoms with Crippen molar-refractivity contribution in [3.63, 3.8) is 0 Å². The SMILES string of the molecule is C/C=C(/C=C1\OCC(C#N)=C1c1ccc(NSCCCC)cc1)OC.CC. The van der Waals surface area contributed by atoms with E-state index in [0.717, 1.165) is 22.6 Å². The van der Waals surface area contributed by atoms with Crippen molar-refractivity contribution in [3.8, 4) is 6.07 Å². The number of rotatable bonds is 8. The van der Waals surface area contributed by atoms with Crippen molar-refractivity contribution in [2.24, 2.45) is 0 Å². The predicted molar refractivity (Wildman–Crippen MR) is 116 cm³/mol. The smallest absolute Gasteiger partial charge is 0.132 e. The van der Waals surface area contributed by atoms with Gasteiger partial charge >= 0.3 is 0 Å². The molecule has 0 spiro atoms. The van der Waals surface area contributed by atoms with Crippen LogP contribution in [0.1, 0.15) is 46.1 Å². The molecule has 1 aromatic carbocycles. The van der Waals surface area contributed by atoms with Gasteiger partial charge < -0.3 is 14.2 Å². The van der Waals surface area contributed by atoms with E-state index < -0.39 is 0 Å². The number of unbranched alkanes of at least 4 members (excludes halogenated alkanes) is 1. The summed E-state index contributed by atoms with van der Waals surface area (Å²) in [5.74, 6) is 2.47. The average Bonchev–Trinajstić information content (AvgIpc) is 3.14. The summed E-state index contributed by atoms with van der Waals surface area (Å²) in [6, 6.07) is 10.3. The number of hydrogen-bond acceptors (Lipinski definition) is 5. The van der Waals surface area contributed by atoms with Gasteiger partial charge in [0.15, 0.2) is 0 Å². The Balaban J connectivity index is 0.00000176. The predicted octanol–water partition coefficient (Wildman–Crippen LogP) is 6.31. The summed E-state index contributed by atoms with van der Waals surface area (Å²) in [6.45, 7) is 8.38. The minimum Gasteiger partial charge on any atom is -0.497 e. The molecule has 0 saturated carbocycles. The van der Waals surface area contributed by atoms with Gasteiger partial charge in [0.05, 0.1) is 18.8 Å². The van der Waals surface area contributed by atoms with Gasteiger partial charge in [0, 0.05) is 23.1 Å². The molecule has 0 bridgehead atoms. The highest BCUT2D eigenvalue weighted by Gasteiger charge is 2.23. The first-order chi connectivity index (χ1) is 13.2. The fourth-order valence-corrected chi connectivity index (χ4v) is 3.24. The van der Waals surface area contributed by atoms with Crippen molar-refractivity contribution in [2.45, 2.75) is 40.5 Å². The third-order valence-corrected chi connectivity index (χ3v) is 4.69. The molecule has 0 atom stereocenters. The fourth-order valence-electron chi connectivity index (χ4n) is 2.41. The Morgan fingerprint density at radius 3 is 2.59 bits per heavy atom. The summed E-state index contributed by atoms with van der Waals surface area (Å²) >= 11 is 1.71. The van der Waals surface area contributed by atoms with Crippen LogP contribution in [0, 0.1) is 11.3 Å². The lowest BCUT2D eigenvalue weighted by Gasteiger charge is -2.09. The third-order valence-electron chi connectivity index (χ3n) is 3.81. The average molecular weight is 387 g/mol. The molecule has 0 unspecified atom stereocenters. The highest BCUT2D eigenvalue weighted by Crippen LogP contribution is 2.35. The van der Waals surface area contributed by atoms with Crippen molar-refractivity contribution in [2.75, 3.05) is 24.2 Å². The summed E-state index contributed by atoms with van der Waals surface area (Å²) in [5.41, 5.74) is 3.50. The molecular formula is C22H30N2O2S. The molecule has 0 amide bonds. The Morgan fingerprint density at radius 2 is 2.04 bits per heavy atom. The van der Waals surface area contributed by atoms with Crippen LogP contribution in [0.5, 0.6) is 0 Å². The molecule has 5 heteroatoms. The number of nitrogens with zero attached hydrogens (tertiary/aromatic N) is 1. The summed E-state index contributed by atoms with van der Waals surface area (Å²) < 4.78 is 14.3. The second kappa shape index (κ2) is 12.9. The largest absolute Gasteiger partial charge is 0.497 e. The standard InChI is InChI=1S/C20H24N2O2S.C2H6/c1-4-6-11-25-22-17-9-7-15(8-10-17)20-16(13-21)14-24-19(20)12-18(5-2)23-3;1-2/h5,7-10,12,22H,4,6,11,14H2,1-3H3;1-2H3/b18-5-,19-12-;. The maximum atomic E-state index is 9.41. The van der Waals surface area contributed by atoms with E-state index in [2.05, 4.69) is 17.7 Å². The molecule has 1 aromatic rings. The molecule has 0 aromatic heterocycles. The summed E-state index contributed by atoms with van der Waals surface area (Å²) in [7, 11) is 1.62. The molecule has 4 nitrogen and oxygen atoms in total. The zero-order valence-electron chi connectivity index (χ0n) is 17.0. The number of anilines is 1. The number of nitrogens with one attached hydrogen (secondary N) is 1. The van der Waals surface area contributed by atoms with Gasteiger partial charge in [0.25, 0.3) is 0 Å². The Bertz CT molecular complexity index is 713. The zero-order chi connectivity index (χ0) is 20.1. The molecule has 1 N–H and O–H groups in total. The molecular weight excluding hydrogens is 356 g/mol. The monoisotopic (exact) mass is 386 g/mol. The lowest BCUT2D eigenvalue weighted by molar-refractivity contribution is 0.266. The Hall–Kier alpha value is -2.32. The fraction of sp³-hybridized carbons (Fsp3) is 0.409. The van der Waals surface area contributed by atoms with Crippen molar-refractivity contribution in [3.05, 3.63) is 59.1 Å². The van der Waals surface area contributed by atoms with E-state index in [4.69, 9.17) is 9.47 Å². The molecule has 0 radical (unpaired) electrons. The van der Waals surface area contributed by atoms with Crippen molar-refractivity contribution >= 4 is 23.2 Å². The van der Waals surface area contributed by atoms with Crippen LogP contribution in [0.3, 0.4) is 0 Å². The van der Waals surface area contributed by atoms with E-state index >= 15 is 0 Å². The van der Waals surface area contributed by atoms with Crippen LogP contribution < -0.4 is 4.72 Å². The minimum atomic E-state index is 0.297. The van der Waals surface area contributed by atoms with Gasteiger partial charge in [-0.05, 0) is 37.1 Å². The molecule has 1 aliphatic heterocycles. The number of benzene rings is 1. The van der Waals surface area contributed by atoms with Crippen LogP contribution in [0.2, 0.25) is 0 Å². The molecule has 27 heavy (non-hydrogen) atoms. The van der Waals surface area contributed by atoms with Crippen LogP contribution >= 0.6 is 11.9 Å². The van der Waals surface area contributed by atoms with Crippen LogP contribution in [-0.2, 0) is 9.47 Å². The van der Waals surface area contributed by atoms with Gasteiger partial charge in [-0.15, -0.1) is 0 Å². The Labute approximate surface area is 168 Å². The number of allylic oxidation sites excluding steroid dienone is 3. The molecule has 0 aliphatic carbocycles. The topological polar surface area (TPSA) is 54.3 Å². The third kappa shape index (κ3) is 6.73. The highest BCUT2D eigenvalue weighted by atomic mass is 32.2. The van der Waals surface area contributed by atoms with Gasteiger partial charge in [-0.25, -0.2) is 0 Å². The van der Waals surface area contributed by atoms with Crippen molar-refractivity contribution in [1.29, 1.82) is 5.26 Å².